The third-order valence-electron chi connectivity index (χ3n) is 3.83. The van der Waals surface area contributed by atoms with Crippen LogP contribution in [0.15, 0.2) is 22.8 Å². The van der Waals surface area contributed by atoms with Gasteiger partial charge in [0, 0.05) is 28.0 Å². The van der Waals surface area contributed by atoms with Crippen molar-refractivity contribution in [3.63, 3.8) is 0 Å². The first-order chi connectivity index (χ1) is 10.6. The Kier molecular flexibility index (Phi) is 6.29. The number of benzene rings is 1. The molecule has 0 saturated heterocycles. The first kappa shape index (κ1) is 17.3. The molecule has 1 heterocycles. The van der Waals surface area contributed by atoms with Crippen molar-refractivity contribution in [2.45, 2.75) is 20.3 Å². The van der Waals surface area contributed by atoms with Gasteiger partial charge in [-0.15, -0.1) is 0 Å². The van der Waals surface area contributed by atoms with Gasteiger partial charge >= 0.3 is 0 Å². The van der Waals surface area contributed by atoms with E-state index in [9.17, 15) is 0 Å². The predicted molar refractivity (Wildman–Crippen MR) is 99.8 cm³/mol. The van der Waals surface area contributed by atoms with E-state index in [1.165, 1.54) is 0 Å². The van der Waals surface area contributed by atoms with Crippen molar-refractivity contribution in [1.29, 1.82) is 0 Å². The summed E-state index contributed by atoms with van der Waals surface area (Å²) >= 11 is 9.61. The highest BCUT2D eigenvalue weighted by molar-refractivity contribution is 9.10. The van der Waals surface area contributed by atoms with Crippen molar-refractivity contribution in [3.8, 4) is 0 Å². The summed E-state index contributed by atoms with van der Waals surface area (Å²) in [6.45, 7) is 8.52. The molecule has 0 saturated carbocycles. The van der Waals surface area contributed by atoms with E-state index in [0.29, 0.717) is 10.7 Å². The minimum absolute atomic E-state index is 0.562. The standard InChI is InChI=1S/C16H22BrClN4/c1-3-22(4-2)9-5-8-20-16-11-6-7-13(18)15(19)14(11)12(17)10-21-16/h6-7,10H,3-5,8-9,19H2,1-2H3,(H,20,21). The Bertz CT molecular complexity index is 644. The molecule has 6 heteroatoms. The van der Waals surface area contributed by atoms with Gasteiger partial charge in [0.05, 0.1) is 10.7 Å². The van der Waals surface area contributed by atoms with Crippen LogP contribution in [-0.2, 0) is 0 Å². The van der Waals surface area contributed by atoms with Gasteiger partial charge in [0.1, 0.15) is 5.82 Å². The van der Waals surface area contributed by atoms with Crippen LogP contribution in [-0.4, -0.2) is 36.1 Å². The Labute approximate surface area is 145 Å². The lowest BCUT2D eigenvalue weighted by molar-refractivity contribution is 0.303. The quantitative estimate of drug-likeness (QED) is 0.548. The van der Waals surface area contributed by atoms with Crippen LogP contribution in [0.3, 0.4) is 0 Å². The van der Waals surface area contributed by atoms with Gasteiger partial charge in [-0.1, -0.05) is 25.4 Å². The van der Waals surface area contributed by atoms with E-state index in [4.69, 9.17) is 17.3 Å². The maximum atomic E-state index is 6.11. The van der Waals surface area contributed by atoms with Gasteiger partial charge in [0.25, 0.3) is 0 Å². The number of aromatic nitrogens is 1. The molecule has 2 rings (SSSR count). The Morgan fingerprint density at radius 2 is 2.05 bits per heavy atom. The molecular weight excluding hydrogens is 364 g/mol. The second-order valence-corrected chi connectivity index (χ2v) is 6.41. The zero-order valence-electron chi connectivity index (χ0n) is 13.0. The van der Waals surface area contributed by atoms with Gasteiger partial charge in [-0.25, -0.2) is 4.98 Å². The number of nitrogens with two attached hydrogens (primary N) is 1. The monoisotopic (exact) mass is 384 g/mol. The van der Waals surface area contributed by atoms with Crippen LogP contribution in [0.2, 0.25) is 5.02 Å². The summed E-state index contributed by atoms with van der Waals surface area (Å²) in [5, 5.41) is 5.87. The first-order valence-corrected chi connectivity index (χ1v) is 8.74. The van der Waals surface area contributed by atoms with Crippen molar-refractivity contribution < 1.29 is 0 Å². The summed E-state index contributed by atoms with van der Waals surface area (Å²) in [7, 11) is 0. The predicted octanol–water partition coefficient (Wildman–Crippen LogP) is 4.38. The van der Waals surface area contributed by atoms with E-state index in [-0.39, 0.29) is 0 Å². The van der Waals surface area contributed by atoms with Crippen molar-refractivity contribution >= 4 is 49.8 Å². The molecular formula is C16H22BrClN4. The highest BCUT2D eigenvalue weighted by atomic mass is 79.9. The fraction of sp³-hybridized carbons (Fsp3) is 0.438. The summed E-state index contributed by atoms with van der Waals surface area (Å²) < 4.78 is 0.858. The Morgan fingerprint density at radius 1 is 1.32 bits per heavy atom. The van der Waals surface area contributed by atoms with Gasteiger partial charge in [-0.3, -0.25) is 0 Å². The highest BCUT2D eigenvalue weighted by Gasteiger charge is 2.11. The van der Waals surface area contributed by atoms with Gasteiger partial charge < -0.3 is 16.0 Å². The second-order valence-electron chi connectivity index (χ2n) is 5.15. The van der Waals surface area contributed by atoms with Crippen LogP contribution in [0.4, 0.5) is 11.5 Å². The molecule has 0 aliphatic carbocycles. The summed E-state index contributed by atoms with van der Waals surface area (Å²) in [5.41, 5.74) is 6.68. The fourth-order valence-corrected chi connectivity index (χ4v) is 3.18. The minimum Gasteiger partial charge on any atom is -0.397 e. The molecule has 1 aromatic heterocycles. The lowest BCUT2D eigenvalue weighted by atomic mass is 10.1. The van der Waals surface area contributed by atoms with E-state index >= 15 is 0 Å². The molecule has 0 atom stereocenters. The number of rotatable bonds is 7. The van der Waals surface area contributed by atoms with Crippen molar-refractivity contribution in [2.75, 3.05) is 37.2 Å². The SMILES string of the molecule is CCN(CC)CCCNc1ncc(Br)c2c(N)c(Cl)ccc12. The van der Waals surface area contributed by atoms with Crippen LogP contribution >= 0.6 is 27.5 Å². The smallest absolute Gasteiger partial charge is 0.133 e. The number of nitrogen functional groups attached to an aromatic ring is 1. The van der Waals surface area contributed by atoms with E-state index < -0.39 is 0 Å². The number of fused-ring (bicyclic) bond motifs is 1. The van der Waals surface area contributed by atoms with Crippen LogP contribution in [0.5, 0.6) is 0 Å². The molecule has 4 nitrogen and oxygen atoms in total. The van der Waals surface area contributed by atoms with Crippen molar-refractivity contribution in [2.24, 2.45) is 0 Å². The zero-order valence-corrected chi connectivity index (χ0v) is 15.3. The maximum Gasteiger partial charge on any atom is 0.133 e. The average Bonchev–Trinajstić information content (AvgIpc) is 2.52. The number of nitrogens with one attached hydrogen (secondary N) is 1. The van der Waals surface area contributed by atoms with E-state index in [2.05, 4.69) is 45.0 Å². The van der Waals surface area contributed by atoms with Crippen LogP contribution < -0.4 is 11.1 Å². The molecule has 0 aliphatic heterocycles. The zero-order chi connectivity index (χ0) is 16.1. The third kappa shape index (κ3) is 3.83. The third-order valence-corrected chi connectivity index (χ3v) is 4.76. The largest absolute Gasteiger partial charge is 0.397 e. The van der Waals surface area contributed by atoms with Gasteiger partial charge in [-0.2, -0.15) is 0 Å². The molecule has 0 aliphatic rings. The Morgan fingerprint density at radius 3 is 2.73 bits per heavy atom. The topological polar surface area (TPSA) is 54.2 Å². The highest BCUT2D eigenvalue weighted by Crippen LogP contribution is 2.36. The van der Waals surface area contributed by atoms with Crippen molar-refractivity contribution in [3.05, 3.63) is 27.8 Å². The first-order valence-electron chi connectivity index (χ1n) is 7.56. The lowest BCUT2D eigenvalue weighted by Crippen LogP contribution is -2.25. The molecule has 120 valence electrons. The minimum atomic E-state index is 0.562. The van der Waals surface area contributed by atoms with Crippen LogP contribution in [0.1, 0.15) is 20.3 Å². The Balaban J connectivity index is 2.12. The van der Waals surface area contributed by atoms with E-state index in [1.54, 1.807) is 6.20 Å². The molecule has 0 radical (unpaired) electrons. The molecule has 0 fully saturated rings. The van der Waals surface area contributed by atoms with Crippen LogP contribution in [0.25, 0.3) is 10.8 Å². The molecule has 0 unspecified atom stereocenters. The normalized spacial score (nSPS) is 11.3. The lowest BCUT2D eigenvalue weighted by Gasteiger charge is -2.18. The number of hydrogen-bond donors (Lipinski definition) is 2. The van der Waals surface area contributed by atoms with Gasteiger partial charge in [0.15, 0.2) is 0 Å². The number of pyridine rings is 1. The molecule has 2 aromatic rings. The van der Waals surface area contributed by atoms with Gasteiger partial charge in [0.2, 0.25) is 0 Å². The number of anilines is 2. The average molecular weight is 386 g/mol. The molecule has 0 spiro atoms. The number of halogens is 2. The summed E-state index contributed by atoms with van der Waals surface area (Å²) in [4.78, 5) is 6.87. The fourth-order valence-electron chi connectivity index (χ4n) is 2.49. The van der Waals surface area contributed by atoms with E-state index in [0.717, 1.165) is 53.7 Å². The van der Waals surface area contributed by atoms with E-state index in [1.807, 2.05) is 12.1 Å². The van der Waals surface area contributed by atoms with Crippen LogP contribution in [0, 0.1) is 0 Å². The van der Waals surface area contributed by atoms with Crippen molar-refractivity contribution in [1.82, 2.24) is 9.88 Å². The number of hydrogen-bond acceptors (Lipinski definition) is 4. The summed E-state index contributed by atoms with van der Waals surface area (Å²) in [6, 6.07) is 3.77. The number of nitrogens with zero attached hydrogens (tertiary/aromatic N) is 2. The second kappa shape index (κ2) is 7.99. The summed E-state index contributed by atoms with van der Waals surface area (Å²) in [5.74, 6) is 0.848. The maximum absolute atomic E-state index is 6.11. The van der Waals surface area contributed by atoms with Gasteiger partial charge in [-0.05, 0) is 54.1 Å². The molecule has 22 heavy (non-hydrogen) atoms. The molecule has 3 N–H and O–H groups in total. The summed E-state index contributed by atoms with van der Waals surface area (Å²) in [6.07, 6.45) is 2.84. The molecule has 0 amide bonds. The molecule has 1 aromatic carbocycles. The molecule has 0 bridgehead atoms. The Hall–Kier alpha value is -1.04.